The van der Waals surface area contributed by atoms with Gasteiger partial charge in [-0.3, -0.25) is 9.78 Å². The monoisotopic (exact) mass is 507 g/mol. The van der Waals surface area contributed by atoms with Crippen LogP contribution in [0.5, 0.6) is 0 Å². The highest BCUT2D eigenvalue weighted by molar-refractivity contribution is 6.01. The lowest BCUT2D eigenvalue weighted by atomic mass is 10.1. The molecule has 2 aromatic carbocycles. The van der Waals surface area contributed by atoms with E-state index in [1.54, 1.807) is 0 Å². The van der Waals surface area contributed by atoms with Crippen molar-refractivity contribution in [2.75, 3.05) is 18.5 Å². The van der Waals surface area contributed by atoms with Crippen molar-refractivity contribution in [1.29, 1.82) is 0 Å². The van der Waals surface area contributed by atoms with Gasteiger partial charge in [0.15, 0.2) is 6.23 Å². The highest BCUT2D eigenvalue weighted by Gasteiger charge is 2.21. The summed E-state index contributed by atoms with van der Waals surface area (Å²) in [7, 11) is 0. The number of aromatic nitrogens is 3. The molecular weight excluding hydrogens is 474 g/mol. The van der Waals surface area contributed by atoms with Crippen LogP contribution in [0, 0.1) is 6.92 Å². The van der Waals surface area contributed by atoms with Crippen LogP contribution in [0.1, 0.15) is 59.7 Å². The first kappa shape index (κ1) is 25.4. The van der Waals surface area contributed by atoms with Gasteiger partial charge in [-0.05, 0) is 93.3 Å². The Morgan fingerprint density at radius 2 is 2.03 bits per heavy atom. The van der Waals surface area contributed by atoms with E-state index in [9.17, 15) is 4.79 Å². The van der Waals surface area contributed by atoms with Crippen molar-refractivity contribution in [3.63, 3.8) is 0 Å². The van der Waals surface area contributed by atoms with E-state index in [1.807, 2.05) is 72.4 Å². The summed E-state index contributed by atoms with van der Waals surface area (Å²) in [5.74, 6) is -0.144. The van der Waals surface area contributed by atoms with Crippen LogP contribution in [0.3, 0.4) is 0 Å². The maximum absolute atomic E-state index is 12.8. The van der Waals surface area contributed by atoms with Crippen LogP contribution in [0.2, 0.25) is 0 Å². The Bertz CT molecular complexity index is 1500. The van der Waals surface area contributed by atoms with Gasteiger partial charge in [0.2, 0.25) is 0 Å². The largest absolute Gasteiger partial charge is 0.356 e. The quantitative estimate of drug-likeness (QED) is 0.261. The number of carbonyl (C=O) groups is 1. The Hall–Kier alpha value is -4.23. The molecule has 2 aromatic heterocycles. The zero-order chi connectivity index (χ0) is 26.5. The van der Waals surface area contributed by atoms with Crippen LogP contribution in [-0.2, 0) is 4.74 Å². The maximum atomic E-state index is 12.8. The van der Waals surface area contributed by atoms with Crippen molar-refractivity contribution in [2.24, 2.45) is 0 Å². The average Bonchev–Trinajstić information content (AvgIpc) is 3.29. The van der Waals surface area contributed by atoms with Crippen molar-refractivity contribution >= 4 is 40.3 Å². The molecule has 0 aliphatic carbocycles. The molecule has 5 rings (SSSR count). The molecule has 7 heteroatoms. The molecular formula is C31H33N5O2. The van der Waals surface area contributed by atoms with E-state index in [1.165, 1.54) is 0 Å². The third-order valence-electron chi connectivity index (χ3n) is 6.51. The second-order valence-corrected chi connectivity index (χ2v) is 9.78. The molecule has 2 N–H and O–H groups in total. The Morgan fingerprint density at radius 3 is 2.82 bits per heavy atom. The Kier molecular flexibility index (Phi) is 7.65. The second-order valence-electron chi connectivity index (χ2n) is 9.78. The van der Waals surface area contributed by atoms with Gasteiger partial charge in [-0.15, -0.1) is 0 Å². The van der Waals surface area contributed by atoms with E-state index in [4.69, 9.17) is 9.84 Å². The summed E-state index contributed by atoms with van der Waals surface area (Å²) in [6, 6.07) is 17.7. The van der Waals surface area contributed by atoms with E-state index in [2.05, 4.69) is 41.3 Å². The number of hydrogen-bond acceptors (Lipinski definition) is 5. The fraction of sp³-hybridized carbons (Fsp3) is 0.258. The summed E-state index contributed by atoms with van der Waals surface area (Å²) in [5, 5.41) is 12.4. The molecule has 0 spiro atoms. The number of pyridine rings is 1. The van der Waals surface area contributed by atoms with Crippen LogP contribution in [0.4, 0.5) is 11.4 Å². The lowest BCUT2D eigenvalue weighted by molar-refractivity contribution is -0.0367. The minimum atomic E-state index is -0.144. The number of fused-ring (bicyclic) bond motifs is 1. The van der Waals surface area contributed by atoms with Gasteiger partial charge >= 0.3 is 0 Å². The number of rotatable bonds is 8. The summed E-state index contributed by atoms with van der Waals surface area (Å²) in [6.07, 6.45) is 8.80. The number of benzene rings is 2. The smallest absolute Gasteiger partial charge is 0.253 e. The van der Waals surface area contributed by atoms with E-state index in [-0.39, 0.29) is 12.1 Å². The molecule has 1 fully saturated rings. The molecule has 1 saturated heterocycles. The summed E-state index contributed by atoms with van der Waals surface area (Å²) in [4.78, 5) is 17.3. The molecule has 1 atom stereocenters. The van der Waals surface area contributed by atoms with Crippen molar-refractivity contribution in [3.05, 3.63) is 95.5 Å². The topological polar surface area (TPSA) is 81.1 Å². The zero-order valence-corrected chi connectivity index (χ0v) is 21.9. The molecule has 38 heavy (non-hydrogen) atoms. The molecule has 0 bridgehead atoms. The Labute approximate surface area is 223 Å². The third kappa shape index (κ3) is 5.84. The minimum Gasteiger partial charge on any atom is -0.356 e. The normalized spacial score (nSPS) is 15.6. The minimum absolute atomic E-state index is 0.110. The summed E-state index contributed by atoms with van der Waals surface area (Å²) in [5.41, 5.74) is 6.97. The number of hydrogen-bond donors (Lipinski definition) is 2. The van der Waals surface area contributed by atoms with Crippen molar-refractivity contribution < 1.29 is 9.53 Å². The number of ether oxygens (including phenoxy) is 1. The van der Waals surface area contributed by atoms with Gasteiger partial charge in [0.05, 0.1) is 28.2 Å². The maximum Gasteiger partial charge on any atom is 0.253 e. The fourth-order valence-electron chi connectivity index (χ4n) is 4.59. The molecule has 0 saturated carbocycles. The van der Waals surface area contributed by atoms with E-state index >= 15 is 0 Å². The molecule has 3 heterocycles. The zero-order valence-electron chi connectivity index (χ0n) is 21.9. The highest BCUT2D eigenvalue weighted by Crippen LogP contribution is 2.32. The van der Waals surface area contributed by atoms with Crippen molar-refractivity contribution in [1.82, 2.24) is 20.1 Å². The van der Waals surface area contributed by atoms with Gasteiger partial charge in [0.25, 0.3) is 5.91 Å². The summed E-state index contributed by atoms with van der Waals surface area (Å²) in [6.45, 7) is 8.98. The lowest BCUT2D eigenvalue weighted by Crippen LogP contribution is -2.25. The van der Waals surface area contributed by atoms with Crippen LogP contribution < -0.4 is 10.6 Å². The Balaban J connectivity index is 1.49. The molecule has 0 radical (unpaired) electrons. The number of carbonyl (C=O) groups excluding carboxylic acids is 1. The molecule has 4 aromatic rings. The molecule has 7 nitrogen and oxygen atoms in total. The first-order chi connectivity index (χ1) is 18.5. The van der Waals surface area contributed by atoms with Gasteiger partial charge in [-0.2, -0.15) is 5.10 Å². The molecule has 1 aliphatic heterocycles. The predicted octanol–water partition coefficient (Wildman–Crippen LogP) is 6.66. The van der Waals surface area contributed by atoms with Gasteiger partial charge in [-0.25, -0.2) is 4.68 Å². The second kappa shape index (κ2) is 11.4. The van der Waals surface area contributed by atoms with E-state index in [0.29, 0.717) is 12.1 Å². The van der Waals surface area contributed by atoms with Crippen LogP contribution in [0.25, 0.3) is 23.1 Å². The van der Waals surface area contributed by atoms with Crippen molar-refractivity contribution in [3.8, 4) is 0 Å². The van der Waals surface area contributed by atoms with Crippen LogP contribution in [0.15, 0.2) is 72.9 Å². The summed E-state index contributed by atoms with van der Waals surface area (Å²) < 4.78 is 8.10. The molecule has 1 unspecified atom stereocenters. The highest BCUT2D eigenvalue weighted by atomic mass is 16.5. The number of nitrogens with zero attached hydrogens (tertiary/aromatic N) is 3. The number of anilines is 2. The first-order valence-corrected chi connectivity index (χ1v) is 13.0. The predicted molar refractivity (Wildman–Crippen MR) is 153 cm³/mol. The van der Waals surface area contributed by atoms with Crippen LogP contribution >= 0.6 is 0 Å². The number of amides is 1. The number of aryl methyl sites for hydroxylation is 1. The third-order valence-corrected chi connectivity index (χ3v) is 6.51. The van der Waals surface area contributed by atoms with Crippen LogP contribution in [-0.4, -0.2) is 33.8 Å². The van der Waals surface area contributed by atoms with Gasteiger partial charge < -0.3 is 15.4 Å². The standard InChI is InChI=1S/C31H33N5O2/c1-21(2)20-33-31(37)26-8-4-5-9-27(26)34-24-11-13-25-28(14-12-23-18-22(3)15-16-32-23)35-36(29(25)19-24)30-10-6-7-17-38-30/h4-5,8-9,11-16,18-19,30,34H,1,6-7,10,17,20H2,2-3H3,(H,33,37). The van der Waals surface area contributed by atoms with Gasteiger partial charge in [0, 0.05) is 30.4 Å². The van der Waals surface area contributed by atoms with E-state index < -0.39 is 0 Å². The van der Waals surface area contributed by atoms with E-state index in [0.717, 1.165) is 70.7 Å². The fourth-order valence-corrected chi connectivity index (χ4v) is 4.59. The molecule has 194 valence electrons. The van der Waals surface area contributed by atoms with Gasteiger partial charge in [0.1, 0.15) is 0 Å². The lowest BCUT2D eigenvalue weighted by Gasteiger charge is -2.23. The summed E-state index contributed by atoms with van der Waals surface area (Å²) >= 11 is 0. The number of para-hydroxylation sites is 1. The SMILES string of the molecule is C=C(C)CNC(=O)c1ccccc1Nc1ccc2c(C=Cc3cc(C)ccn3)nn(C3CCCCO3)c2c1. The Morgan fingerprint density at radius 1 is 1.16 bits per heavy atom. The molecule has 1 aliphatic rings. The van der Waals surface area contributed by atoms with Gasteiger partial charge in [-0.1, -0.05) is 24.3 Å². The number of nitrogens with one attached hydrogen (secondary N) is 2. The molecule has 1 amide bonds. The first-order valence-electron chi connectivity index (χ1n) is 13.0. The average molecular weight is 508 g/mol. The van der Waals surface area contributed by atoms with Crippen molar-refractivity contribution in [2.45, 2.75) is 39.3 Å².